The van der Waals surface area contributed by atoms with E-state index >= 15 is 0 Å². The fraction of sp³-hybridized carbons (Fsp3) is 0.788. The summed E-state index contributed by atoms with van der Waals surface area (Å²) in [4.78, 5) is 249. The monoisotopic (exact) mass is 1860 g/mol. The number of carbonyl (C=O) groups excluding carboxylic acids is 21. The third-order valence-corrected chi connectivity index (χ3v) is 24.1. The molecule has 1 aliphatic carbocycles. The number of nitrogens with zero attached hydrogens (tertiary/aromatic N) is 4. The molecule has 1 saturated carbocycles. The van der Waals surface area contributed by atoms with Crippen LogP contribution in [0.2, 0.25) is 0 Å². The van der Waals surface area contributed by atoms with Crippen molar-refractivity contribution in [1.82, 2.24) is 24.9 Å². The van der Waals surface area contributed by atoms with Gasteiger partial charge in [-0.25, -0.2) is 0 Å². The molecule has 4 heterocycles. The van der Waals surface area contributed by atoms with E-state index in [0.29, 0.717) is 89.8 Å². The normalized spacial score (nSPS) is 18.0. The van der Waals surface area contributed by atoms with Crippen LogP contribution in [-0.2, 0) is 120 Å². The third kappa shape index (κ3) is 50.9. The molecule has 4 saturated heterocycles. The second-order valence-electron chi connectivity index (χ2n) is 38.4. The molecule has 0 spiro atoms. The molecule has 5 fully saturated rings. The molecule has 4 aliphatic heterocycles. The molecular formula is C99H165N5O25S. The number of rotatable bonds is 53. The molecule has 0 aromatic heterocycles. The molecule has 31 heteroatoms. The van der Waals surface area contributed by atoms with Gasteiger partial charge in [0.25, 0.3) is 0 Å². The number of hydrogen-bond donors (Lipinski definition) is 1. The zero-order valence-electron chi connectivity index (χ0n) is 84.0. The van der Waals surface area contributed by atoms with Gasteiger partial charge in [0, 0.05) is 180 Å². The lowest BCUT2D eigenvalue weighted by molar-refractivity contribution is -0.144. The fourth-order valence-corrected chi connectivity index (χ4v) is 14.2. The van der Waals surface area contributed by atoms with Gasteiger partial charge in [0.1, 0.15) is 71.0 Å². The van der Waals surface area contributed by atoms with Gasteiger partial charge in [-0.15, -0.1) is 11.8 Å². The van der Waals surface area contributed by atoms with E-state index in [4.69, 9.17) is 18.9 Å². The van der Waals surface area contributed by atoms with Crippen LogP contribution >= 0.6 is 11.8 Å². The van der Waals surface area contributed by atoms with Crippen molar-refractivity contribution < 1.29 is 120 Å². The maximum absolute atomic E-state index is 12.6. The van der Waals surface area contributed by atoms with Gasteiger partial charge in [0.05, 0.1) is 70.2 Å². The van der Waals surface area contributed by atoms with Crippen LogP contribution in [0.4, 0.5) is 0 Å². The van der Waals surface area contributed by atoms with Gasteiger partial charge in [-0.1, -0.05) is 187 Å². The molecule has 130 heavy (non-hydrogen) atoms. The summed E-state index contributed by atoms with van der Waals surface area (Å²) >= 11 is 1.30. The molecule has 0 bridgehead atoms. The van der Waals surface area contributed by atoms with Crippen molar-refractivity contribution >= 4 is 134 Å². The fourth-order valence-electron chi connectivity index (χ4n) is 12.9. The number of imide groups is 4. The quantitative estimate of drug-likeness (QED) is 0.0336. The van der Waals surface area contributed by atoms with Crippen LogP contribution in [0.25, 0.3) is 0 Å². The number of likely N-dealkylation sites (tertiary alicyclic amines) is 4. The van der Waals surface area contributed by atoms with Crippen LogP contribution in [-0.4, -0.2) is 239 Å². The highest BCUT2D eigenvalue weighted by atomic mass is 32.2. The van der Waals surface area contributed by atoms with Crippen molar-refractivity contribution in [3.63, 3.8) is 0 Å². The Hall–Kier alpha value is -7.74. The van der Waals surface area contributed by atoms with Crippen LogP contribution in [0, 0.1) is 107 Å². The number of Topliss-reactive ketones (excluding diaryl/α,β-unsaturated/α-hetero) is 12. The molecule has 9 amide bonds. The predicted octanol–water partition coefficient (Wildman–Crippen LogP) is 13.2. The topological polar surface area (TPSA) is 420 Å². The van der Waals surface area contributed by atoms with E-state index in [1.807, 2.05) is 173 Å². The average molecular weight is 1860 g/mol. The SMILES string of the molecule is CC(C)C(=O)CC(=O)C(C)C.CC(C)C(=O)CCOCC(=O)C(C)C.CC(C)C(=O)CCOCCC(=O)CCN1C(=O)CC(C(C)C)C1=O.CC(C)C(=O)CCOCCNC(=O)CN1C(=O)CC(C(C)C)C1=O.CC(C)C(=O)CN1C(=O)CC(C(C)C)C1=O.CC(C)C(=O)CSC1CC(=O)N(CC2CCC(C(=O)C(C)C)CC2)C1=O.CCCC(=O)CCOCCC(=O)C(C)C. The highest BCUT2D eigenvalue weighted by Gasteiger charge is 2.45. The number of thioether (sulfide) groups is 1. The molecule has 30 nitrogen and oxygen atoms in total. The molecule has 5 rings (SSSR count). The molecule has 0 aromatic carbocycles. The minimum Gasteiger partial charge on any atom is -0.381 e. The largest absolute Gasteiger partial charge is 0.381 e. The van der Waals surface area contributed by atoms with Gasteiger partial charge < -0.3 is 24.3 Å². The van der Waals surface area contributed by atoms with E-state index in [1.54, 1.807) is 13.8 Å². The second kappa shape index (κ2) is 66.6. The van der Waals surface area contributed by atoms with Crippen molar-refractivity contribution in [2.45, 2.75) is 308 Å². The first-order chi connectivity index (χ1) is 60.5. The molecule has 1 N–H and O–H groups in total. The summed E-state index contributed by atoms with van der Waals surface area (Å²) in [7, 11) is 0. The summed E-state index contributed by atoms with van der Waals surface area (Å²) in [6, 6.07) is 0. The number of ketones is 12. The van der Waals surface area contributed by atoms with Gasteiger partial charge in [0.15, 0.2) is 11.6 Å². The lowest BCUT2D eigenvalue weighted by Gasteiger charge is -2.30. The zero-order valence-corrected chi connectivity index (χ0v) is 84.8. The Morgan fingerprint density at radius 1 is 0.338 bits per heavy atom. The molecular weight excluding hydrogens is 1690 g/mol. The second-order valence-corrected chi connectivity index (χ2v) is 39.6. The first-order valence-corrected chi connectivity index (χ1v) is 48.4. The van der Waals surface area contributed by atoms with E-state index in [2.05, 4.69) is 5.32 Å². The lowest BCUT2D eigenvalue weighted by Crippen LogP contribution is -2.41. The van der Waals surface area contributed by atoms with E-state index in [0.717, 1.165) is 41.9 Å². The Balaban J connectivity index is 0. The maximum Gasteiger partial charge on any atom is 0.242 e. The van der Waals surface area contributed by atoms with Crippen LogP contribution < -0.4 is 5.32 Å². The summed E-state index contributed by atoms with van der Waals surface area (Å²) in [5, 5.41) is 2.20. The number of hydrogen-bond acceptors (Lipinski definition) is 26. The van der Waals surface area contributed by atoms with Crippen molar-refractivity contribution in [1.29, 1.82) is 0 Å². The number of nitrogens with one attached hydrogen (secondary N) is 1. The maximum atomic E-state index is 12.6. The first-order valence-electron chi connectivity index (χ1n) is 47.4. The highest BCUT2D eigenvalue weighted by Crippen LogP contribution is 2.35. The Kier molecular flexibility index (Phi) is 63.7. The van der Waals surface area contributed by atoms with Crippen LogP contribution in [0.5, 0.6) is 0 Å². The highest BCUT2D eigenvalue weighted by molar-refractivity contribution is 8.01. The van der Waals surface area contributed by atoms with Gasteiger partial charge in [0.2, 0.25) is 53.2 Å². The average Bonchev–Trinajstić information content (AvgIpc) is 1.34. The summed E-state index contributed by atoms with van der Waals surface area (Å²) in [5.41, 5.74) is 0. The molecule has 5 aliphatic rings. The number of carbonyl (C=O) groups is 21. The van der Waals surface area contributed by atoms with Crippen LogP contribution in [0.1, 0.15) is 303 Å². The van der Waals surface area contributed by atoms with E-state index < -0.39 is 5.25 Å². The lowest BCUT2D eigenvalue weighted by atomic mass is 9.77. The smallest absolute Gasteiger partial charge is 0.242 e. The minimum atomic E-state index is -0.413. The standard InChI is InChI=1S/C20H31NO4S.C18H29NO5.C17H28N2O5.C12H19NO3.C12H22O3.C11H20O3.C9H16O2/c1-12(2)16(22)11-26-17-9-18(23)21(20(17)25)10-14-5-7-15(8-6-14)19(24)13(3)4;1-12(2)15-11-17(22)19(18(15)23)8-5-14(20)6-9-24-10-7-16(21)13(3)4;1-11(2)13-9-16(22)19(17(13)23)10-15(21)18-6-8-24-7-5-14(20)12(3)4;1-7(2)9-5-11(15)13(12(9)16)6-10(14)8(3)4;1-4-5-11(13)6-8-15-9-7-12(14)10(2)3;1-8(2)10(12)5-6-14-7-11(13)9(3)4;1-6(2)8(10)5-9(11)7(3)4/h12-15,17H,5-11H2,1-4H3;12-13,15H,5-11H2,1-4H3;11-13H,5-10H2,1-4H3,(H,18,21);7-9H,5-6H2,1-4H3;10H,4-9H2,1-3H3;8-9H,5-7H2,1-4H3;6-7H,5H2,1-4H3. The van der Waals surface area contributed by atoms with E-state index in [1.165, 1.54) is 21.6 Å². The summed E-state index contributed by atoms with van der Waals surface area (Å²) in [5.74, 6) is -0.253. The van der Waals surface area contributed by atoms with Crippen LogP contribution in [0.3, 0.4) is 0 Å². The van der Waals surface area contributed by atoms with E-state index in [-0.39, 0.29) is 314 Å². The van der Waals surface area contributed by atoms with Crippen molar-refractivity contribution in [2.24, 2.45) is 107 Å². The number of ether oxygens (including phenoxy) is 4. The summed E-state index contributed by atoms with van der Waals surface area (Å²) < 4.78 is 20.9. The molecule has 0 radical (unpaired) electrons. The Morgan fingerprint density at radius 2 is 0.677 bits per heavy atom. The Bertz CT molecular complexity index is 3640. The van der Waals surface area contributed by atoms with Gasteiger partial charge in [-0.2, -0.15) is 0 Å². The van der Waals surface area contributed by atoms with Crippen LogP contribution in [0.15, 0.2) is 0 Å². The van der Waals surface area contributed by atoms with Crippen molar-refractivity contribution in [3.05, 3.63) is 0 Å². The Labute approximate surface area is 780 Å². The Morgan fingerprint density at radius 3 is 1.04 bits per heavy atom. The zero-order chi connectivity index (χ0) is 100. The minimum absolute atomic E-state index is 0.000400. The first kappa shape index (κ1) is 124. The molecule has 4 atom stereocenters. The summed E-state index contributed by atoms with van der Waals surface area (Å²) in [6.07, 6.45) is 8.48. The molecule has 0 aromatic rings. The van der Waals surface area contributed by atoms with E-state index in [9.17, 15) is 101 Å². The summed E-state index contributed by atoms with van der Waals surface area (Å²) in [6.45, 7) is 53.5. The van der Waals surface area contributed by atoms with Gasteiger partial charge >= 0.3 is 0 Å². The van der Waals surface area contributed by atoms with Gasteiger partial charge in [-0.05, 0) is 55.8 Å². The molecule has 742 valence electrons. The van der Waals surface area contributed by atoms with Crippen molar-refractivity contribution in [2.75, 3.05) is 91.3 Å². The van der Waals surface area contributed by atoms with Crippen molar-refractivity contribution in [3.8, 4) is 0 Å². The number of amides is 9. The third-order valence-electron chi connectivity index (χ3n) is 22.9. The van der Waals surface area contributed by atoms with Gasteiger partial charge in [-0.3, -0.25) is 120 Å². The predicted molar refractivity (Wildman–Crippen MR) is 499 cm³/mol. The molecule has 4 unspecified atom stereocenters.